The van der Waals surface area contributed by atoms with Crippen LogP contribution < -0.4 is 10.4 Å². The molecule has 1 unspecified atom stereocenters. The number of rotatable bonds is 4. The minimum atomic E-state index is -0.362. The number of hydrogen-bond donors (Lipinski definition) is 1. The second-order valence-corrected chi connectivity index (χ2v) is 5.54. The van der Waals surface area contributed by atoms with E-state index in [1.165, 1.54) is 0 Å². The van der Waals surface area contributed by atoms with Gasteiger partial charge in [-0.05, 0) is 43.5 Å². The van der Waals surface area contributed by atoms with E-state index in [4.69, 9.17) is 9.57 Å². The summed E-state index contributed by atoms with van der Waals surface area (Å²) in [5.74, 6) is -0.177. The predicted molar refractivity (Wildman–Crippen MR) is 80.2 cm³/mol. The summed E-state index contributed by atoms with van der Waals surface area (Å²) in [7, 11) is 0. The molecule has 0 saturated carbocycles. The Kier molecular flexibility index (Phi) is 4.70. The maximum Gasteiger partial charge on any atom is 0.274 e. The van der Waals surface area contributed by atoms with Crippen molar-refractivity contribution in [2.45, 2.75) is 38.4 Å². The fourth-order valence-electron chi connectivity index (χ4n) is 2.70. The van der Waals surface area contributed by atoms with Gasteiger partial charge >= 0.3 is 0 Å². The standard InChI is InChI=1S/C16H20N2O4/c19-14-4-3-10-18(14)13-8-6-12(7-9-13)16(20)17-22-15-5-1-2-11-21-15/h6-9,15H,1-5,10-11H2,(H,17,20). The van der Waals surface area contributed by atoms with Crippen molar-refractivity contribution in [2.24, 2.45) is 0 Å². The Labute approximate surface area is 129 Å². The normalized spacial score (nSPS) is 21.9. The van der Waals surface area contributed by atoms with Crippen LogP contribution in [-0.2, 0) is 14.4 Å². The number of hydroxylamine groups is 1. The Balaban J connectivity index is 1.55. The smallest absolute Gasteiger partial charge is 0.274 e. The molecule has 0 radical (unpaired) electrons. The minimum absolute atomic E-state index is 0.134. The van der Waals surface area contributed by atoms with Crippen molar-refractivity contribution < 1.29 is 19.2 Å². The molecule has 2 heterocycles. The Hall–Kier alpha value is -1.92. The molecule has 2 aliphatic rings. The fourth-order valence-corrected chi connectivity index (χ4v) is 2.70. The quantitative estimate of drug-likeness (QED) is 0.864. The zero-order chi connectivity index (χ0) is 15.4. The Morgan fingerprint density at radius 1 is 1.23 bits per heavy atom. The van der Waals surface area contributed by atoms with Crippen molar-refractivity contribution in [3.8, 4) is 0 Å². The van der Waals surface area contributed by atoms with Crippen molar-refractivity contribution in [1.29, 1.82) is 0 Å². The molecule has 0 spiro atoms. The molecule has 22 heavy (non-hydrogen) atoms. The van der Waals surface area contributed by atoms with E-state index in [1.54, 1.807) is 29.2 Å². The highest BCUT2D eigenvalue weighted by molar-refractivity contribution is 5.97. The Bertz CT molecular complexity index is 538. The molecule has 118 valence electrons. The van der Waals surface area contributed by atoms with Gasteiger partial charge in [0.25, 0.3) is 5.91 Å². The van der Waals surface area contributed by atoms with Gasteiger partial charge in [-0.25, -0.2) is 10.3 Å². The van der Waals surface area contributed by atoms with E-state index in [2.05, 4.69) is 5.48 Å². The minimum Gasteiger partial charge on any atom is -0.350 e. The van der Waals surface area contributed by atoms with Gasteiger partial charge < -0.3 is 9.64 Å². The molecule has 2 amide bonds. The molecular weight excluding hydrogens is 284 g/mol. The van der Waals surface area contributed by atoms with Crippen LogP contribution in [0.3, 0.4) is 0 Å². The van der Waals surface area contributed by atoms with Gasteiger partial charge in [0.15, 0.2) is 6.29 Å². The number of amides is 2. The van der Waals surface area contributed by atoms with Gasteiger partial charge in [0.2, 0.25) is 5.91 Å². The van der Waals surface area contributed by atoms with E-state index in [1.807, 2.05) is 0 Å². The summed E-state index contributed by atoms with van der Waals surface area (Å²) in [4.78, 5) is 30.7. The van der Waals surface area contributed by atoms with Crippen molar-refractivity contribution in [3.63, 3.8) is 0 Å². The molecule has 6 heteroatoms. The second-order valence-electron chi connectivity index (χ2n) is 5.54. The zero-order valence-corrected chi connectivity index (χ0v) is 12.4. The Morgan fingerprint density at radius 3 is 2.68 bits per heavy atom. The fraction of sp³-hybridized carbons (Fsp3) is 0.500. The molecule has 0 aromatic heterocycles. The first kappa shape index (κ1) is 15.0. The van der Waals surface area contributed by atoms with E-state index in [9.17, 15) is 9.59 Å². The summed E-state index contributed by atoms with van der Waals surface area (Å²) >= 11 is 0. The molecule has 0 bridgehead atoms. The first-order chi connectivity index (χ1) is 10.7. The third kappa shape index (κ3) is 3.45. The summed E-state index contributed by atoms with van der Waals surface area (Å²) in [6, 6.07) is 6.97. The molecule has 6 nitrogen and oxygen atoms in total. The van der Waals surface area contributed by atoms with E-state index in [0.29, 0.717) is 18.6 Å². The molecule has 2 fully saturated rings. The van der Waals surface area contributed by atoms with E-state index < -0.39 is 0 Å². The van der Waals surface area contributed by atoms with Gasteiger partial charge in [-0.3, -0.25) is 9.59 Å². The molecule has 1 atom stereocenters. The first-order valence-electron chi connectivity index (χ1n) is 7.72. The van der Waals surface area contributed by atoms with E-state index >= 15 is 0 Å². The van der Waals surface area contributed by atoms with Crippen LogP contribution in [0.5, 0.6) is 0 Å². The molecule has 1 aromatic carbocycles. The number of nitrogens with one attached hydrogen (secondary N) is 1. The van der Waals surface area contributed by atoms with Crippen LogP contribution in [0.4, 0.5) is 5.69 Å². The van der Waals surface area contributed by atoms with Gasteiger partial charge in [0, 0.05) is 37.2 Å². The average Bonchev–Trinajstić information content (AvgIpc) is 3.00. The summed E-state index contributed by atoms with van der Waals surface area (Å²) in [6.07, 6.45) is 3.98. The number of benzene rings is 1. The lowest BCUT2D eigenvalue weighted by atomic mass is 10.2. The number of nitrogens with zero attached hydrogens (tertiary/aromatic N) is 1. The van der Waals surface area contributed by atoms with Crippen LogP contribution in [-0.4, -0.2) is 31.3 Å². The van der Waals surface area contributed by atoms with Crippen LogP contribution in [0.2, 0.25) is 0 Å². The van der Waals surface area contributed by atoms with E-state index in [-0.39, 0.29) is 18.1 Å². The topological polar surface area (TPSA) is 67.9 Å². The van der Waals surface area contributed by atoms with Crippen LogP contribution in [0, 0.1) is 0 Å². The number of carbonyl (C=O) groups is 2. The summed E-state index contributed by atoms with van der Waals surface area (Å²) < 4.78 is 5.38. The zero-order valence-electron chi connectivity index (χ0n) is 12.4. The average molecular weight is 304 g/mol. The van der Waals surface area contributed by atoms with Gasteiger partial charge in [-0.2, -0.15) is 0 Å². The van der Waals surface area contributed by atoms with Gasteiger partial charge in [0.05, 0.1) is 0 Å². The van der Waals surface area contributed by atoms with Crippen molar-refractivity contribution in [3.05, 3.63) is 29.8 Å². The van der Waals surface area contributed by atoms with Gasteiger partial charge in [-0.15, -0.1) is 0 Å². The number of hydrogen-bond acceptors (Lipinski definition) is 4. The second kappa shape index (κ2) is 6.89. The third-order valence-electron chi connectivity index (χ3n) is 3.94. The van der Waals surface area contributed by atoms with Crippen LogP contribution in [0.25, 0.3) is 0 Å². The molecule has 1 aromatic rings. The summed E-state index contributed by atoms with van der Waals surface area (Å²) in [5, 5.41) is 0. The third-order valence-corrected chi connectivity index (χ3v) is 3.94. The summed E-state index contributed by atoms with van der Waals surface area (Å²) in [6.45, 7) is 1.41. The Morgan fingerprint density at radius 2 is 2.05 bits per heavy atom. The largest absolute Gasteiger partial charge is 0.350 e. The first-order valence-corrected chi connectivity index (χ1v) is 7.72. The van der Waals surface area contributed by atoms with Crippen molar-refractivity contribution >= 4 is 17.5 Å². The molecule has 3 rings (SSSR count). The highest BCUT2D eigenvalue weighted by atomic mass is 16.8. The number of ether oxygens (including phenoxy) is 1. The maximum atomic E-state index is 12.0. The predicted octanol–water partition coefficient (Wildman–Crippen LogP) is 2.00. The SMILES string of the molecule is O=C(NOC1CCCCO1)c1ccc(N2CCCC2=O)cc1. The molecule has 1 N–H and O–H groups in total. The van der Waals surface area contributed by atoms with Crippen LogP contribution in [0.1, 0.15) is 42.5 Å². The highest BCUT2D eigenvalue weighted by Crippen LogP contribution is 2.21. The van der Waals surface area contributed by atoms with Crippen LogP contribution >= 0.6 is 0 Å². The summed E-state index contributed by atoms with van der Waals surface area (Å²) in [5.41, 5.74) is 3.74. The number of anilines is 1. The van der Waals surface area contributed by atoms with Crippen molar-refractivity contribution in [1.82, 2.24) is 5.48 Å². The lowest BCUT2D eigenvalue weighted by molar-refractivity contribution is -0.186. The highest BCUT2D eigenvalue weighted by Gasteiger charge is 2.22. The lowest BCUT2D eigenvalue weighted by Gasteiger charge is -2.22. The van der Waals surface area contributed by atoms with Crippen LogP contribution in [0.15, 0.2) is 24.3 Å². The monoisotopic (exact) mass is 304 g/mol. The lowest BCUT2D eigenvalue weighted by Crippen LogP contribution is -2.33. The van der Waals surface area contributed by atoms with E-state index in [0.717, 1.165) is 37.9 Å². The van der Waals surface area contributed by atoms with Crippen molar-refractivity contribution in [2.75, 3.05) is 18.1 Å². The number of carbonyl (C=O) groups excluding carboxylic acids is 2. The molecule has 2 saturated heterocycles. The van der Waals surface area contributed by atoms with Gasteiger partial charge in [-0.1, -0.05) is 0 Å². The molecule has 2 aliphatic heterocycles. The maximum absolute atomic E-state index is 12.0. The molecular formula is C16H20N2O4. The molecule has 0 aliphatic carbocycles. The van der Waals surface area contributed by atoms with Gasteiger partial charge in [0.1, 0.15) is 0 Å².